The van der Waals surface area contributed by atoms with Crippen LogP contribution < -0.4 is 10.6 Å². The third-order valence-corrected chi connectivity index (χ3v) is 4.08. The second kappa shape index (κ2) is 5.86. The summed E-state index contributed by atoms with van der Waals surface area (Å²) in [6.07, 6.45) is 12.2. The minimum atomic E-state index is 0.530. The number of rotatable bonds is 1. The SMILES string of the molecule is CC1NCC(C2CCCCCCCC2)N1. The van der Waals surface area contributed by atoms with Crippen molar-refractivity contribution in [3.8, 4) is 0 Å². The van der Waals surface area contributed by atoms with E-state index in [1.54, 1.807) is 0 Å². The van der Waals surface area contributed by atoms with Gasteiger partial charge in [0, 0.05) is 12.6 Å². The molecule has 1 heterocycles. The summed E-state index contributed by atoms with van der Waals surface area (Å²) in [5.74, 6) is 0.931. The Morgan fingerprint density at radius 2 is 1.47 bits per heavy atom. The van der Waals surface area contributed by atoms with Gasteiger partial charge in [-0.05, 0) is 25.7 Å². The van der Waals surface area contributed by atoms with E-state index in [0.717, 1.165) is 12.0 Å². The lowest BCUT2D eigenvalue weighted by atomic mass is 9.90. The summed E-state index contributed by atoms with van der Waals surface area (Å²) < 4.78 is 0. The molecule has 1 aliphatic heterocycles. The predicted molar refractivity (Wildman–Crippen MR) is 64.8 cm³/mol. The third kappa shape index (κ3) is 3.46. The van der Waals surface area contributed by atoms with Crippen molar-refractivity contribution in [2.45, 2.75) is 70.5 Å². The zero-order chi connectivity index (χ0) is 10.5. The molecule has 2 nitrogen and oxygen atoms in total. The normalized spacial score (nSPS) is 35.8. The average molecular weight is 210 g/mol. The van der Waals surface area contributed by atoms with Gasteiger partial charge in [-0.2, -0.15) is 0 Å². The Bertz CT molecular complexity index is 171. The molecular formula is C13H26N2. The highest BCUT2D eigenvalue weighted by Crippen LogP contribution is 2.25. The van der Waals surface area contributed by atoms with Crippen molar-refractivity contribution in [3.05, 3.63) is 0 Å². The van der Waals surface area contributed by atoms with Crippen LogP contribution in [0, 0.1) is 5.92 Å². The van der Waals surface area contributed by atoms with E-state index >= 15 is 0 Å². The molecule has 2 N–H and O–H groups in total. The quantitative estimate of drug-likeness (QED) is 0.695. The molecule has 2 aliphatic rings. The predicted octanol–water partition coefficient (Wildman–Crippen LogP) is 2.64. The minimum absolute atomic E-state index is 0.530. The summed E-state index contributed by atoms with van der Waals surface area (Å²) in [5, 5.41) is 7.19. The monoisotopic (exact) mass is 210 g/mol. The van der Waals surface area contributed by atoms with Crippen LogP contribution in [0.3, 0.4) is 0 Å². The third-order valence-electron chi connectivity index (χ3n) is 4.08. The fraction of sp³-hybridized carbons (Fsp3) is 1.00. The molecule has 1 aliphatic carbocycles. The Hall–Kier alpha value is -0.0800. The molecule has 2 unspecified atom stereocenters. The van der Waals surface area contributed by atoms with Crippen LogP contribution in [0.25, 0.3) is 0 Å². The van der Waals surface area contributed by atoms with E-state index in [1.807, 2.05) is 0 Å². The first kappa shape index (κ1) is 11.4. The Kier molecular flexibility index (Phi) is 4.45. The number of hydrogen-bond donors (Lipinski definition) is 2. The van der Waals surface area contributed by atoms with Gasteiger partial charge in [0.2, 0.25) is 0 Å². The molecule has 0 amide bonds. The van der Waals surface area contributed by atoms with Gasteiger partial charge in [-0.3, -0.25) is 5.32 Å². The van der Waals surface area contributed by atoms with E-state index in [1.165, 1.54) is 57.9 Å². The lowest BCUT2D eigenvalue weighted by Crippen LogP contribution is -2.35. The van der Waals surface area contributed by atoms with Crippen molar-refractivity contribution in [1.82, 2.24) is 10.6 Å². The molecule has 1 saturated heterocycles. The molecule has 0 bridgehead atoms. The first-order valence-electron chi connectivity index (χ1n) is 6.86. The highest BCUT2D eigenvalue weighted by atomic mass is 15.2. The van der Waals surface area contributed by atoms with E-state index < -0.39 is 0 Å². The van der Waals surface area contributed by atoms with Crippen LogP contribution in [0.2, 0.25) is 0 Å². The van der Waals surface area contributed by atoms with Gasteiger partial charge in [-0.25, -0.2) is 0 Å². The van der Waals surface area contributed by atoms with Crippen LogP contribution in [0.15, 0.2) is 0 Å². The molecule has 2 rings (SSSR count). The van der Waals surface area contributed by atoms with Crippen LogP contribution in [0.5, 0.6) is 0 Å². The zero-order valence-corrected chi connectivity index (χ0v) is 10.1. The molecule has 0 radical (unpaired) electrons. The van der Waals surface area contributed by atoms with Crippen molar-refractivity contribution in [2.24, 2.45) is 5.92 Å². The Morgan fingerprint density at radius 3 is 2.00 bits per heavy atom. The lowest BCUT2D eigenvalue weighted by molar-refractivity contribution is 0.335. The van der Waals surface area contributed by atoms with Crippen molar-refractivity contribution >= 4 is 0 Å². The molecular weight excluding hydrogens is 184 g/mol. The molecule has 88 valence electrons. The molecule has 0 aromatic rings. The van der Waals surface area contributed by atoms with Crippen LogP contribution in [-0.4, -0.2) is 18.8 Å². The maximum absolute atomic E-state index is 3.68. The minimum Gasteiger partial charge on any atom is -0.301 e. The first-order valence-corrected chi connectivity index (χ1v) is 6.86. The van der Waals surface area contributed by atoms with Gasteiger partial charge in [0.05, 0.1) is 6.17 Å². The maximum atomic E-state index is 3.68. The molecule has 1 saturated carbocycles. The second-order valence-corrected chi connectivity index (χ2v) is 5.36. The molecule has 2 atom stereocenters. The van der Waals surface area contributed by atoms with Crippen LogP contribution >= 0.6 is 0 Å². The smallest absolute Gasteiger partial charge is 0.0545 e. The average Bonchev–Trinajstić information content (AvgIpc) is 2.69. The second-order valence-electron chi connectivity index (χ2n) is 5.36. The van der Waals surface area contributed by atoms with Gasteiger partial charge in [0.25, 0.3) is 0 Å². The lowest BCUT2D eigenvalue weighted by Gasteiger charge is -2.23. The molecule has 15 heavy (non-hydrogen) atoms. The Balaban J connectivity index is 1.82. The van der Waals surface area contributed by atoms with Crippen molar-refractivity contribution in [3.63, 3.8) is 0 Å². The Labute approximate surface area is 94.2 Å². The van der Waals surface area contributed by atoms with Crippen LogP contribution in [0.1, 0.15) is 58.3 Å². The van der Waals surface area contributed by atoms with Crippen molar-refractivity contribution in [2.75, 3.05) is 6.54 Å². The van der Waals surface area contributed by atoms with Gasteiger partial charge < -0.3 is 5.32 Å². The van der Waals surface area contributed by atoms with E-state index in [-0.39, 0.29) is 0 Å². The van der Waals surface area contributed by atoms with Crippen LogP contribution in [0.4, 0.5) is 0 Å². The summed E-state index contributed by atoms with van der Waals surface area (Å²) in [6.45, 7) is 3.42. The standard InChI is InChI=1S/C13H26N2/c1-11-14-10-13(15-11)12-8-6-4-2-3-5-7-9-12/h11-15H,2-10H2,1H3. The Morgan fingerprint density at radius 1 is 0.867 bits per heavy atom. The summed E-state index contributed by atoms with van der Waals surface area (Å²) >= 11 is 0. The molecule has 2 heteroatoms. The summed E-state index contributed by atoms with van der Waals surface area (Å²) in [5.41, 5.74) is 0. The zero-order valence-electron chi connectivity index (χ0n) is 10.1. The summed E-state index contributed by atoms with van der Waals surface area (Å²) in [6, 6.07) is 0.748. The highest BCUT2D eigenvalue weighted by molar-refractivity contribution is 4.86. The largest absolute Gasteiger partial charge is 0.301 e. The molecule has 0 aromatic heterocycles. The van der Waals surface area contributed by atoms with Gasteiger partial charge in [-0.15, -0.1) is 0 Å². The number of nitrogens with one attached hydrogen (secondary N) is 2. The van der Waals surface area contributed by atoms with Gasteiger partial charge >= 0.3 is 0 Å². The maximum Gasteiger partial charge on any atom is 0.0545 e. The van der Waals surface area contributed by atoms with Gasteiger partial charge in [0.1, 0.15) is 0 Å². The first-order chi connectivity index (χ1) is 7.36. The van der Waals surface area contributed by atoms with E-state index in [2.05, 4.69) is 17.6 Å². The van der Waals surface area contributed by atoms with Crippen molar-refractivity contribution in [1.29, 1.82) is 0 Å². The summed E-state index contributed by atoms with van der Waals surface area (Å²) in [4.78, 5) is 0. The number of hydrogen-bond acceptors (Lipinski definition) is 2. The van der Waals surface area contributed by atoms with E-state index in [9.17, 15) is 0 Å². The van der Waals surface area contributed by atoms with Gasteiger partial charge in [0.15, 0.2) is 0 Å². The van der Waals surface area contributed by atoms with Crippen molar-refractivity contribution < 1.29 is 0 Å². The fourth-order valence-electron chi connectivity index (χ4n) is 3.11. The fourth-order valence-corrected chi connectivity index (χ4v) is 3.11. The summed E-state index contributed by atoms with van der Waals surface area (Å²) in [7, 11) is 0. The molecule has 0 aromatic carbocycles. The molecule has 2 fully saturated rings. The topological polar surface area (TPSA) is 24.1 Å². The van der Waals surface area contributed by atoms with Crippen LogP contribution in [-0.2, 0) is 0 Å². The van der Waals surface area contributed by atoms with E-state index in [4.69, 9.17) is 0 Å². The van der Waals surface area contributed by atoms with E-state index in [0.29, 0.717) is 6.17 Å². The van der Waals surface area contributed by atoms with Gasteiger partial charge in [-0.1, -0.05) is 38.5 Å². The molecule has 0 spiro atoms. The highest BCUT2D eigenvalue weighted by Gasteiger charge is 2.27.